The van der Waals surface area contributed by atoms with Gasteiger partial charge in [0, 0.05) is 50.7 Å². The summed E-state index contributed by atoms with van der Waals surface area (Å²) in [5.41, 5.74) is -2.46. The van der Waals surface area contributed by atoms with Crippen LogP contribution in [0.2, 0.25) is 0 Å². The lowest BCUT2D eigenvalue weighted by molar-refractivity contribution is -0.298. The lowest BCUT2D eigenvalue weighted by Crippen LogP contribution is -2.60. The van der Waals surface area contributed by atoms with Gasteiger partial charge in [-0.1, -0.05) is 32.9 Å². The number of benzene rings is 1. The number of aliphatic hydroxyl groups excluding tert-OH is 3. The van der Waals surface area contributed by atoms with Gasteiger partial charge in [0.15, 0.2) is 12.1 Å². The van der Waals surface area contributed by atoms with E-state index in [1.165, 1.54) is 20.8 Å². The highest BCUT2D eigenvalue weighted by Crippen LogP contribution is 2.37. The summed E-state index contributed by atoms with van der Waals surface area (Å²) in [7, 11) is 3.70. The van der Waals surface area contributed by atoms with Gasteiger partial charge in [0.25, 0.3) is 0 Å². The number of ketones is 1. The number of piperazine rings is 1. The Morgan fingerprint density at radius 2 is 1.63 bits per heavy atom. The van der Waals surface area contributed by atoms with E-state index in [9.17, 15) is 34.8 Å². The van der Waals surface area contributed by atoms with Crippen LogP contribution in [-0.4, -0.2) is 174 Å². The van der Waals surface area contributed by atoms with E-state index in [0.717, 1.165) is 24.5 Å². The van der Waals surface area contributed by atoms with Crippen molar-refractivity contribution in [1.29, 1.82) is 0 Å². The van der Waals surface area contributed by atoms with Gasteiger partial charge in [0.1, 0.15) is 29.5 Å². The summed E-state index contributed by atoms with van der Waals surface area (Å²) in [5.74, 6) is -4.76. The third kappa shape index (κ3) is 12.0. The van der Waals surface area contributed by atoms with Crippen LogP contribution in [0.1, 0.15) is 81.6 Å². The quantitative estimate of drug-likeness (QED) is 0.151. The number of para-hydroxylation sites is 2. The summed E-state index contributed by atoms with van der Waals surface area (Å²) in [6.45, 7) is 18.3. The second-order valence-corrected chi connectivity index (χ2v) is 17.9. The molecule has 0 radical (unpaired) electrons. The largest absolute Gasteiger partial charge is 0.492 e. The van der Waals surface area contributed by atoms with Gasteiger partial charge < -0.3 is 59.2 Å². The first-order valence-electron chi connectivity index (χ1n) is 21.8. The SMILES string of the molecule is CCOc1ccccc1N1CCN(CC(O)CO[C@]2(C)C[C@@H](C)NC(=O)[C@H](C)[C@@H](O)[C@](C)(O)[C@@H](CC)OC(=O)[C@H](C)C(=O)[C@H](C)[C@H]2O[C@@H]2O[C@H](C)C[C@H](N(C)C)[C@H]2O)CC1. The van der Waals surface area contributed by atoms with Gasteiger partial charge in [0.2, 0.25) is 5.91 Å². The molecule has 3 heterocycles. The first kappa shape index (κ1) is 49.7. The summed E-state index contributed by atoms with van der Waals surface area (Å²) < 4.78 is 31.2. The standard InChI is InChI=1S/C44H74N4O12/c1-12-35-44(9,55)38(52)30(7)40(53)45-26(3)23-43(8,57-25-31(49)24-47-18-20-48(21-19-47)32-16-14-15-17-34(32)56-13-2)39(28(5)36(50)29(6)41(54)59-35)60-42-37(51)33(46(10)11)22-27(4)58-42/h14-17,26-31,33,35,37-39,42,49,51-52,55H,12-13,18-25H2,1-11H3,(H,45,53)/t26-,27-,28+,29-,30-,31?,33+,35-,37-,38-,39-,42+,43-,44-/m1/s1. The van der Waals surface area contributed by atoms with Crippen LogP contribution in [0.3, 0.4) is 0 Å². The number of carbonyl (C=O) groups is 3. The average Bonchev–Trinajstić information content (AvgIpc) is 3.20. The number of ether oxygens (including phenoxy) is 5. The van der Waals surface area contributed by atoms with Gasteiger partial charge in [0.05, 0.1) is 54.8 Å². The molecule has 4 rings (SSSR count). The molecule has 1 amide bonds. The number of esters is 1. The van der Waals surface area contributed by atoms with Crippen LogP contribution in [0.4, 0.5) is 5.69 Å². The Bertz CT molecular complexity index is 1560. The van der Waals surface area contributed by atoms with Crippen molar-refractivity contribution in [2.75, 3.05) is 64.9 Å². The van der Waals surface area contributed by atoms with E-state index in [-0.39, 0.29) is 31.6 Å². The zero-order valence-electron chi connectivity index (χ0n) is 37.7. The minimum Gasteiger partial charge on any atom is -0.492 e. The maximum Gasteiger partial charge on any atom is 0.316 e. The fourth-order valence-electron chi connectivity index (χ4n) is 9.04. The molecular formula is C44H74N4O12. The van der Waals surface area contributed by atoms with Crippen molar-refractivity contribution in [3.8, 4) is 5.75 Å². The summed E-state index contributed by atoms with van der Waals surface area (Å²) >= 11 is 0. The van der Waals surface area contributed by atoms with E-state index in [1.807, 2.05) is 57.1 Å². The van der Waals surface area contributed by atoms with Gasteiger partial charge in [-0.05, 0) is 87.0 Å². The second-order valence-electron chi connectivity index (χ2n) is 17.9. The number of carbonyl (C=O) groups excluding carboxylic acids is 3. The highest BCUT2D eigenvalue weighted by molar-refractivity contribution is 6.00. The number of hydrogen-bond acceptors (Lipinski definition) is 15. The van der Waals surface area contributed by atoms with E-state index >= 15 is 0 Å². The summed E-state index contributed by atoms with van der Waals surface area (Å²) in [6, 6.07) is 6.94. The third-order valence-electron chi connectivity index (χ3n) is 12.7. The maximum absolute atomic E-state index is 14.4. The van der Waals surface area contributed by atoms with Crippen LogP contribution in [0.15, 0.2) is 24.3 Å². The van der Waals surface area contributed by atoms with Gasteiger partial charge in [-0.15, -0.1) is 0 Å². The zero-order chi connectivity index (χ0) is 44.7. The third-order valence-corrected chi connectivity index (χ3v) is 12.7. The molecule has 0 bridgehead atoms. The molecule has 3 aliphatic rings. The number of hydrogen-bond donors (Lipinski definition) is 5. The topological polar surface area (TPSA) is 200 Å². The van der Waals surface area contributed by atoms with E-state index in [2.05, 4.69) is 15.1 Å². The number of anilines is 1. The van der Waals surface area contributed by atoms with Gasteiger partial charge in [-0.25, -0.2) is 0 Å². The molecule has 14 atom stereocenters. The predicted molar refractivity (Wildman–Crippen MR) is 225 cm³/mol. The van der Waals surface area contributed by atoms with Crippen molar-refractivity contribution in [3.05, 3.63) is 24.3 Å². The number of nitrogens with one attached hydrogen (secondary N) is 1. The Labute approximate surface area is 356 Å². The van der Waals surface area contributed by atoms with Gasteiger partial charge in [-0.3, -0.25) is 19.3 Å². The lowest BCUT2D eigenvalue weighted by Gasteiger charge is -2.47. The molecule has 1 unspecified atom stereocenters. The predicted octanol–water partition coefficient (Wildman–Crippen LogP) is 1.97. The molecule has 16 heteroatoms. The molecule has 60 heavy (non-hydrogen) atoms. The van der Waals surface area contributed by atoms with E-state index < -0.39 is 89.5 Å². The van der Waals surface area contributed by atoms with Crippen LogP contribution < -0.4 is 15.0 Å². The van der Waals surface area contributed by atoms with Crippen LogP contribution >= 0.6 is 0 Å². The highest BCUT2D eigenvalue weighted by Gasteiger charge is 2.51. The van der Waals surface area contributed by atoms with Crippen molar-refractivity contribution in [1.82, 2.24) is 15.1 Å². The normalized spacial score (nSPS) is 37.5. The van der Waals surface area contributed by atoms with E-state index in [1.54, 1.807) is 27.7 Å². The van der Waals surface area contributed by atoms with Crippen molar-refractivity contribution in [2.24, 2.45) is 17.8 Å². The molecule has 16 nitrogen and oxygen atoms in total. The first-order valence-corrected chi connectivity index (χ1v) is 21.8. The molecule has 1 aromatic rings. The van der Waals surface area contributed by atoms with Crippen LogP contribution in [0.25, 0.3) is 0 Å². The number of β-amino-alcohol motifs (C(OH)–C–C–N with tert-alkyl or cyclic N) is 1. The number of rotatable bonds is 12. The molecule has 3 fully saturated rings. The maximum atomic E-state index is 14.4. The van der Waals surface area contributed by atoms with Crippen LogP contribution in [-0.2, 0) is 33.3 Å². The molecule has 0 spiro atoms. The van der Waals surface area contributed by atoms with Gasteiger partial charge >= 0.3 is 5.97 Å². The number of likely N-dealkylation sites (N-methyl/N-ethyl adjacent to an activating group) is 1. The van der Waals surface area contributed by atoms with Crippen molar-refractivity contribution in [2.45, 2.75) is 148 Å². The second kappa shape index (κ2) is 21.4. The molecule has 5 N–H and O–H groups in total. The van der Waals surface area contributed by atoms with E-state index in [4.69, 9.17) is 23.7 Å². The Hall–Kier alpha value is -2.93. The number of Topliss-reactive ketones (excluding diaryl/α,β-unsaturated/α-hetero) is 1. The number of amides is 1. The van der Waals surface area contributed by atoms with E-state index in [0.29, 0.717) is 32.7 Å². The Kier molecular flexibility index (Phi) is 17.8. The Balaban J connectivity index is 1.66. The van der Waals surface area contributed by atoms with Crippen LogP contribution in [0.5, 0.6) is 5.75 Å². The smallest absolute Gasteiger partial charge is 0.316 e. The molecule has 0 aliphatic carbocycles. The van der Waals surface area contributed by atoms with Crippen molar-refractivity contribution < 1.29 is 58.5 Å². The molecular weight excluding hydrogens is 776 g/mol. The summed E-state index contributed by atoms with van der Waals surface area (Å²) in [5, 5.41) is 48.9. The summed E-state index contributed by atoms with van der Waals surface area (Å²) in [4.78, 5) is 48.1. The highest BCUT2D eigenvalue weighted by atomic mass is 16.7. The summed E-state index contributed by atoms with van der Waals surface area (Å²) in [6.07, 6.45) is -7.03. The fraction of sp³-hybridized carbons (Fsp3) is 0.795. The first-order chi connectivity index (χ1) is 28.1. The Morgan fingerprint density at radius 1 is 0.983 bits per heavy atom. The lowest BCUT2D eigenvalue weighted by atomic mass is 9.79. The zero-order valence-corrected chi connectivity index (χ0v) is 37.7. The minimum absolute atomic E-state index is 0.0385. The molecule has 3 aliphatic heterocycles. The monoisotopic (exact) mass is 851 g/mol. The molecule has 1 aromatic carbocycles. The number of cyclic esters (lactones) is 1. The average molecular weight is 851 g/mol. The van der Waals surface area contributed by atoms with Gasteiger partial charge in [-0.2, -0.15) is 0 Å². The number of nitrogens with zero attached hydrogens (tertiary/aromatic N) is 3. The molecule has 0 aromatic heterocycles. The minimum atomic E-state index is -2.03. The van der Waals surface area contributed by atoms with Crippen molar-refractivity contribution in [3.63, 3.8) is 0 Å². The molecule has 0 saturated carbocycles. The fourth-order valence-corrected chi connectivity index (χ4v) is 9.04. The molecule has 3 saturated heterocycles. The number of aliphatic hydroxyl groups is 4. The van der Waals surface area contributed by atoms with Crippen molar-refractivity contribution >= 4 is 23.3 Å². The van der Waals surface area contributed by atoms with Crippen LogP contribution in [0, 0.1) is 17.8 Å². The molecule has 342 valence electrons. The Morgan fingerprint density at radius 3 is 2.25 bits per heavy atom.